The normalized spacial score (nSPS) is 15.7. The monoisotopic (exact) mass is 171 g/mol. The smallest absolute Gasteiger partial charge is 0.123 e. The quantitative estimate of drug-likeness (QED) is 0.723. The lowest BCUT2D eigenvalue weighted by atomic mass is 9.95. The Bertz CT molecular complexity index is 254. The Morgan fingerprint density at radius 1 is 1.33 bits per heavy atom. The maximum absolute atomic E-state index is 12.4. The van der Waals surface area contributed by atoms with Crippen LogP contribution < -0.4 is 5.73 Å². The largest absolute Gasteiger partial charge is 0.319 e. The molecule has 2 N–H and O–H groups in total. The zero-order valence-electron chi connectivity index (χ0n) is 6.85. The molecular formula is C9H11F2N. The van der Waals surface area contributed by atoms with E-state index in [1.807, 2.05) is 0 Å². The lowest BCUT2D eigenvalue weighted by molar-refractivity contribution is 0.335. The van der Waals surface area contributed by atoms with Gasteiger partial charge in [0.15, 0.2) is 0 Å². The Balaban J connectivity index is 2.96. The fourth-order valence-electron chi connectivity index (χ4n) is 0.908. The highest BCUT2D eigenvalue weighted by molar-refractivity contribution is 5.23. The van der Waals surface area contributed by atoms with Crippen LogP contribution in [0.1, 0.15) is 12.5 Å². The first-order valence-electron chi connectivity index (χ1n) is 3.67. The van der Waals surface area contributed by atoms with E-state index in [4.69, 9.17) is 5.73 Å². The van der Waals surface area contributed by atoms with E-state index in [0.717, 1.165) is 0 Å². The molecule has 1 rings (SSSR count). The Morgan fingerprint density at radius 2 is 1.83 bits per heavy atom. The highest BCUT2D eigenvalue weighted by Gasteiger charge is 2.20. The van der Waals surface area contributed by atoms with Crippen molar-refractivity contribution in [2.75, 3.05) is 6.67 Å². The van der Waals surface area contributed by atoms with Gasteiger partial charge in [0.2, 0.25) is 0 Å². The van der Waals surface area contributed by atoms with Crippen LogP contribution in [0.25, 0.3) is 0 Å². The minimum atomic E-state index is -1.01. The van der Waals surface area contributed by atoms with Gasteiger partial charge in [0.25, 0.3) is 0 Å². The zero-order valence-corrected chi connectivity index (χ0v) is 6.85. The maximum atomic E-state index is 12.4. The fraction of sp³-hybridized carbons (Fsp3) is 0.333. The summed E-state index contributed by atoms with van der Waals surface area (Å²) < 4.78 is 24.8. The second kappa shape index (κ2) is 3.19. The Hall–Kier alpha value is -0.960. The van der Waals surface area contributed by atoms with Crippen molar-refractivity contribution in [2.24, 2.45) is 5.73 Å². The van der Waals surface area contributed by atoms with Gasteiger partial charge in [-0.3, -0.25) is 0 Å². The minimum Gasteiger partial charge on any atom is -0.319 e. The van der Waals surface area contributed by atoms with Crippen LogP contribution in [-0.4, -0.2) is 6.67 Å². The van der Waals surface area contributed by atoms with E-state index in [9.17, 15) is 8.78 Å². The van der Waals surface area contributed by atoms with Crippen LogP contribution in [-0.2, 0) is 5.54 Å². The van der Waals surface area contributed by atoms with Crippen LogP contribution in [0.3, 0.4) is 0 Å². The number of halogens is 2. The second-order valence-corrected chi connectivity index (χ2v) is 3.06. The molecule has 0 spiro atoms. The van der Waals surface area contributed by atoms with Gasteiger partial charge >= 0.3 is 0 Å². The van der Waals surface area contributed by atoms with Crippen molar-refractivity contribution in [3.05, 3.63) is 35.6 Å². The highest BCUT2D eigenvalue weighted by Crippen LogP contribution is 2.18. The molecular weight excluding hydrogens is 160 g/mol. The molecule has 0 aromatic heterocycles. The lowest BCUT2D eigenvalue weighted by Crippen LogP contribution is -2.35. The first kappa shape index (κ1) is 9.13. The molecule has 0 saturated carbocycles. The van der Waals surface area contributed by atoms with Crippen LogP contribution >= 0.6 is 0 Å². The van der Waals surface area contributed by atoms with E-state index in [2.05, 4.69) is 0 Å². The summed E-state index contributed by atoms with van der Waals surface area (Å²) in [6, 6.07) is 5.54. The van der Waals surface area contributed by atoms with Crippen LogP contribution in [0.2, 0.25) is 0 Å². The number of hydrogen-bond acceptors (Lipinski definition) is 1. The maximum Gasteiger partial charge on any atom is 0.123 e. The molecule has 0 fully saturated rings. The average molecular weight is 171 g/mol. The summed E-state index contributed by atoms with van der Waals surface area (Å²) in [5.41, 5.74) is 5.19. The van der Waals surface area contributed by atoms with Crippen LogP contribution in [0.15, 0.2) is 24.3 Å². The molecule has 0 aliphatic carbocycles. The van der Waals surface area contributed by atoms with E-state index in [1.165, 1.54) is 24.3 Å². The predicted octanol–water partition coefficient (Wildman–Crippen LogP) is 1.97. The van der Waals surface area contributed by atoms with E-state index < -0.39 is 12.2 Å². The van der Waals surface area contributed by atoms with Gasteiger partial charge in [-0.25, -0.2) is 8.78 Å². The van der Waals surface area contributed by atoms with Crippen molar-refractivity contribution >= 4 is 0 Å². The Morgan fingerprint density at radius 3 is 2.25 bits per heavy atom. The van der Waals surface area contributed by atoms with Crippen molar-refractivity contribution in [2.45, 2.75) is 12.5 Å². The van der Waals surface area contributed by atoms with Crippen LogP contribution in [0.4, 0.5) is 8.78 Å². The summed E-state index contributed by atoms with van der Waals surface area (Å²) >= 11 is 0. The summed E-state index contributed by atoms with van der Waals surface area (Å²) in [4.78, 5) is 0. The van der Waals surface area contributed by atoms with Gasteiger partial charge in [0.05, 0.1) is 5.54 Å². The molecule has 0 heterocycles. The zero-order chi connectivity index (χ0) is 9.19. The lowest BCUT2D eigenvalue weighted by Gasteiger charge is -2.20. The number of benzene rings is 1. The molecule has 0 radical (unpaired) electrons. The van der Waals surface area contributed by atoms with Gasteiger partial charge < -0.3 is 5.73 Å². The van der Waals surface area contributed by atoms with Gasteiger partial charge in [-0.1, -0.05) is 12.1 Å². The van der Waals surface area contributed by atoms with E-state index in [-0.39, 0.29) is 5.82 Å². The van der Waals surface area contributed by atoms with Crippen molar-refractivity contribution in [3.63, 3.8) is 0 Å². The standard InChI is InChI=1S/C9H11F2N/c1-9(12,6-10)7-2-4-8(11)5-3-7/h2-5H,6,12H2,1H3. The summed E-state index contributed by atoms with van der Waals surface area (Å²) in [6.45, 7) is 0.916. The molecule has 3 heteroatoms. The van der Waals surface area contributed by atoms with Gasteiger partial charge in [0.1, 0.15) is 12.5 Å². The third-order valence-corrected chi connectivity index (χ3v) is 1.78. The van der Waals surface area contributed by atoms with Crippen molar-refractivity contribution in [1.29, 1.82) is 0 Å². The Kier molecular flexibility index (Phi) is 2.43. The summed E-state index contributed by atoms with van der Waals surface area (Å²) in [5, 5.41) is 0. The van der Waals surface area contributed by atoms with Gasteiger partial charge in [-0.2, -0.15) is 0 Å². The van der Waals surface area contributed by atoms with Crippen molar-refractivity contribution < 1.29 is 8.78 Å². The number of rotatable bonds is 2. The van der Waals surface area contributed by atoms with Crippen LogP contribution in [0.5, 0.6) is 0 Å². The molecule has 1 aromatic carbocycles. The Labute approximate surface area is 70.2 Å². The topological polar surface area (TPSA) is 26.0 Å². The van der Waals surface area contributed by atoms with E-state index >= 15 is 0 Å². The fourth-order valence-corrected chi connectivity index (χ4v) is 0.908. The third kappa shape index (κ3) is 1.80. The molecule has 1 nitrogen and oxygen atoms in total. The first-order chi connectivity index (χ1) is 5.56. The average Bonchev–Trinajstić information content (AvgIpc) is 2.05. The molecule has 1 unspecified atom stereocenters. The first-order valence-corrected chi connectivity index (χ1v) is 3.67. The van der Waals surface area contributed by atoms with Gasteiger partial charge in [-0.05, 0) is 24.6 Å². The van der Waals surface area contributed by atoms with Gasteiger partial charge in [-0.15, -0.1) is 0 Å². The summed E-state index contributed by atoms with van der Waals surface area (Å²) in [5.74, 6) is -0.339. The summed E-state index contributed by atoms with van der Waals surface area (Å²) in [7, 11) is 0. The van der Waals surface area contributed by atoms with Gasteiger partial charge in [0, 0.05) is 0 Å². The molecule has 12 heavy (non-hydrogen) atoms. The van der Waals surface area contributed by atoms with Crippen molar-refractivity contribution in [3.8, 4) is 0 Å². The number of alkyl halides is 1. The minimum absolute atomic E-state index is 0.339. The molecule has 66 valence electrons. The molecule has 0 aliphatic heterocycles. The SMILES string of the molecule is CC(N)(CF)c1ccc(F)cc1. The van der Waals surface area contributed by atoms with Crippen LogP contribution in [0, 0.1) is 5.82 Å². The predicted molar refractivity (Wildman–Crippen MR) is 43.9 cm³/mol. The number of nitrogens with two attached hydrogens (primary N) is 1. The molecule has 0 saturated heterocycles. The third-order valence-electron chi connectivity index (χ3n) is 1.78. The van der Waals surface area contributed by atoms with Crippen molar-refractivity contribution in [1.82, 2.24) is 0 Å². The summed E-state index contributed by atoms with van der Waals surface area (Å²) in [6.07, 6.45) is 0. The van der Waals surface area contributed by atoms with E-state index in [0.29, 0.717) is 5.56 Å². The number of hydrogen-bond donors (Lipinski definition) is 1. The second-order valence-electron chi connectivity index (χ2n) is 3.06. The molecule has 0 amide bonds. The molecule has 1 atom stereocenters. The molecule has 0 aliphatic rings. The molecule has 0 bridgehead atoms. The highest BCUT2D eigenvalue weighted by atomic mass is 19.1. The van der Waals surface area contributed by atoms with E-state index in [1.54, 1.807) is 6.92 Å². The molecule has 1 aromatic rings.